The molecule has 0 fully saturated rings. The summed E-state index contributed by atoms with van der Waals surface area (Å²) in [6.07, 6.45) is 0. The molecule has 44 valence electrons. The summed E-state index contributed by atoms with van der Waals surface area (Å²) in [6.45, 7) is 0. The molecule has 0 radical (unpaired) electrons. The van der Waals surface area contributed by atoms with Crippen LogP contribution in [0.5, 0.6) is 0 Å². The molecule has 3 N–H and O–H groups in total. The number of halogens is 1. The van der Waals surface area contributed by atoms with Gasteiger partial charge < -0.3 is 22.7 Å². The molecule has 0 aliphatic heterocycles. The van der Waals surface area contributed by atoms with Crippen LogP contribution < -0.4 is 22.7 Å². The third-order valence-corrected chi connectivity index (χ3v) is 0.843. The van der Waals surface area contributed by atoms with Gasteiger partial charge in [0.25, 0.3) is 0 Å². The first kappa shape index (κ1) is 7.66. The Hall–Kier alpha value is -0.340. The first-order valence-corrected chi connectivity index (χ1v) is 2.26. The molecule has 0 heterocycles. The third-order valence-electron chi connectivity index (χ3n) is 0.843. The van der Waals surface area contributed by atoms with Gasteiger partial charge in [-0.1, -0.05) is 18.2 Å². The maximum atomic E-state index is 3.72. The van der Waals surface area contributed by atoms with E-state index in [9.17, 15) is 0 Å². The minimum atomic E-state index is 0. The van der Waals surface area contributed by atoms with Crippen molar-refractivity contribution in [3.05, 3.63) is 30.3 Å². The van der Waals surface area contributed by atoms with Gasteiger partial charge in [-0.15, -0.1) is 0 Å². The lowest BCUT2D eigenvalue weighted by Crippen LogP contribution is -3.00. The monoisotopic (exact) mass is 173 g/mol. The van der Waals surface area contributed by atoms with Crippen molar-refractivity contribution in [3.63, 3.8) is 0 Å². The van der Waals surface area contributed by atoms with E-state index in [1.54, 1.807) is 0 Å². The molecule has 0 bridgehead atoms. The Morgan fingerprint density at radius 3 is 1.75 bits per heavy atom. The van der Waals surface area contributed by atoms with Crippen molar-refractivity contribution in [2.24, 2.45) is 0 Å². The van der Waals surface area contributed by atoms with Gasteiger partial charge in [-0.3, -0.25) is 0 Å². The van der Waals surface area contributed by atoms with E-state index in [1.807, 2.05) is 30.3 Å². The van der Waals surface area contributed by atoms with E-state index < -0.39 is 0 Å². The Morgan fingerprint density at radius 2 is 1.50 bits per heavy atom. The predicted molar refractivity (Wildman–Crippen MR) is 29.0 cm³/mol. The zero-order chi connectivity index (χ0) is 5.11. The van der Waals surface area contributed by atoms with Crippen LogP contribution in [0.15, 0.2) is 30.3 Å². The molecular weight excluding hydrogens is 166 g/mol. The molecule has 0 saturated carbocycles. The van der Waals surface area contributed by atoms with Crippen molar-refractivity contribution >= 4 is 5.69 Å². The predicted octanol–water partition coefficient (Wildman–Crippen LogP) is -2.44. The molecule has 0 atom stereocenters. The van der Waals surface area contributed by atoms with Crippen molar-refractivity contribution in [3.8, 4) is 0 Å². The zero-order valence-electron chi connectivity index (χ0n) is 4.47. The molecular formula is C6H8BrN. The number of hydrogen-bond donors (Lipinski definition) is 1. The van der Waals surface area contributed by atoms with Crippen LogP contribution in [0.4, 0.5) is 5.69 Å². The molecule has 1 aromatic carbocycles. The maximum Gasteiger partial charge on any atom is 0.127 e. The first-order valence-electron chi connectivity index (χ1n) is 2.26. The second kappa shape index (κ2) is 3.64. The fraction of sp³-hybridized carbons (Fsp3) is 0. The van der Waals surface area contributed by atoms with Crippen LogP contribution in [-0.4, -0.2) is 0 Å². The molecule has 2 heteroatoms. The average Bonchev–Trinajstić information content (AvgIpc) is 1.69. The Bertz CT molecular complexity index is 138. The Labute approximate surface area is 59.3 Å². The van der Waals surface area contributed by atoms with E-state index >= 15 is 0 Å². The van der Waals surface area contributed by atoms with Gasteiger partial charge in [0.1, 0.15) is 5.69 Å². The highest BCUT2D eigenvalue weighted by Gasteiger charge is 1.77. The molecule has 0 amide bonds. The summed E-state index contributed by atoms with van der Waals surface area (Å²) in [7, 11) is 0. The molecule has 0 spiro atoms. The summed E-state index contributed by atoms with van der Waals surface area (Å²) >= 11 is 0. The fourth-order valence-corrected chi connectivity index (χ4v) is 0.478. The van der Waals surface area contributed by atoms with Gasteiger partial charge in [-0.05, 0) is 12.1 Å². The normalized spacial score (nSPS) is 7.62. The van der Waals surface area contributed by atoms with Gasteiger partial charge >= 0.3 is 0 Å². The summed E-state index contributed by atoms with van der Waals surface area (Å²) in [5.74, 6) is 0. The number of hydrogen-bond acceptors (Lipinski definition) is 0. The van der Waals surface area contributed by atoms with Crippen LogP contribution in [0.1, 0.15) is 0 Å². The van der Waals surface area contributed by atoms with Gasteiger partial charge in [0.15, 0.2) is 0 Å². The SMILES string of the molecule is [Br-].[NH3+]c1ccccc1. The average molecular weight is 174 g/mol. The molecule has 0 saturated heterocycles. The molecule has 0 aliphatic rings. The lowest BCUT2D eigenvalue weighted by Gasteiger charge is -1.78. The highest BCUT2D eigenvalue weighted by Crippen LogP contribution is 1.93. The van der Waals surface area contributed by atoms with Crippen molar-refractivity contribution in [1.29, 1.82) is 0 Å². The molecule has 8 heavy (non-hydrogen) atoms. The van der Waals surface area contributed by atoms with Crippen molar-refractivity contribution in [2.75, 3.05) is 0 Å². The van der Waals surface area contributed by atoms with Crippen LogP contribution >= 0.6 is 0 Å². The van der Waals surface area contributed by atoms with E-state index in [4.69, 9.17) is 0 Å². The molecule has 1 aromatic rings. The summed E-state index contributed by atoms with van der Waals surface area (Å²) in [4.78, 5) is 0. The van der Waals surface area contributed by atoms with E-state index in [2.05, 4.69) is 5.73 Å². The lowest BCUT2D eigenvalue weighted by atomic mass is 10.3. The Kier molecular flexibility index (Phi) is 3.48. The second-order valence-electron chi connectivity index (χ2n) is 1.49. The van der Waals surface area contributed by atoms with E-state index in [0.29, 0.717) is 0 Å². The van der Waals surface area contributed by atoms with Gasteiger partial charge in [0, 0.05) is 0 Å². The molecule has 0 aliphatic carbocycles. The maximum absolute atomic E-state index is 3.72. The molecule has 1 rings (SSSR count). The van der Waals surface area contributed by atoms with E-state index in [-0.39, 0.29) is 17.0 Å². The Morgan fingerprint density at radius 1 is 1.00 bits per heavy atom. The molecule has 0 unspecified atom stereocenters. The molecule has 0 aromatic heterocycles. The number of benzene rings is 1. The standard InChI is InChI=1S/C6H7N.BrH/c7-6-4-2-1-3-5-6;/h1-5H,7H2;1H. The lowest BCUT2D eigenvalue weighted by molar-refractivity contribution is -0.254. The largest absolute Gasteiger partial charge is 1.00 e. The van der Waals surface area contributed by atoms with Crippen LogP contribution in [0, 0.1) is 0 Å². The fourth-order valence-electron chi connectivity index (χ4n) is 0.478. The number of rotatable bonds is 0. The van der Waals surface area contributed by atoms with Gasteiger partial charge in [0.05, 0.1) is 0 Å². The summed E-state index contributed by atoms with van der Waals surface area (Å²) in [5, 5.41) is 0. The van der Waals surface area contributed by atoms with Crippen molar-refractivity contribution in [2.45, 2.75) is 0 Å². The van der Waals surface area contributed by atoms with Gasteiger partial charge in [-0.25, -0.2) is 0 Å². The Balaban J connectivity index is 0.000000490. The van der Waals surface area contributed by atoms with Crippen LogP contribution in [0.2, 0.25) is 0 Å². The first-order chi connectivity index (χ1) is 3.39. The van der Waals surface area contributed by atoms with Crippen LogP contribution in [0.3, 0.4) is 0 Å². The smallest absolute Gasteiger partial charge is 0.127 e. The second-order valence-corrected chi connectivity index (χ2v) is 1.49. The summed E-state index contributed by atoms with van der Waals surface area (Å²) in [5.41, 5.74) is 4.79. The number of quaternary nitrogens is 1. The highest BCUT2D eigenvalue weighted by atomic mass is 79.9. The zero-order valence-corrected chi connectivity index (χ0v) is 6.06. The minimum absolute atomic E-state index is 0. The van der Waals surface area contributed by atoms with Crippen LogP contribution in [-0.2, 0) is 0 Å². The van der Waals surface area contributed by atoms with Gasteiger partial charge in [-0.2, -0.15) is 0 Å². The quantitative estimate of drug-likeness (QED) is 0.452. The summed E-state index contributed by atoms with van der Waals surface area (Å²) < 4.78 is 0. The van der Waals surface area contributed by atoms with Crippen LogP contribution in [0.25, 0.3) is 0 Å². The van der Waals surface area contributed by atoms with E-state index in [1.165, 1.54) is 0 Å². The summed E-state index contributed by atoms with van der Waals surface area (Å²) in [6, 6.07) is 9.87. The molecule has 1 nitrogen and oxygen atoms in total. The minimum Gasteiger partial charge on any atom is -1.00 e. The topological polar surface area (TPSA) is 27.6 Å². The van der Waals surface area contributed by atoms with Gasteiger partial charge in [0.2, 0.25) is 0 Å². The van der Waals surface area contributed by atoms with Crippen molar-refractivity contribution in [1.82, 2.24) is 0 Å². The third kappa shape index (κ3) is 2.09. The van der Waals surface area contributed by atoms with E-state index in [0.717, 1.165) is 5.69 Å². The van der Waals surface area contributed by atoms with Crippen molar-refractivity contribution < 1.29 is 22.7 Å². The highest BCUT2D eigenvalue weighted by molar-refractivity contribution is 5.25.